The molecule has 0 spiro atoms. The van der Waals surface area contributed by atoms with Crippen LogP contribution in [-0.4, -0.2) is 47.8 Å². The molecule has 0 bridgehead atoms. The maximum absolute atomic E-state index is 12.9. The van der Waals surface area contributed by atoms with Gasteiger partial charge in [0, 0.05) is 18.6 Å². The van der Waals surface area contributed by atoms with Gasteiger partial charge in [-0.2, -0.15) is 0 Å². The molecule has 6 nitrogen and oxygen atoms in total. The van der Waals surface area contributed by atoms with Crippen molar-refractivity contribution in [2.45, 2.75) is 32.7 Å². The summed E-state index contributed by atoms with van der Waals surface area (Å²) in [6, 6.07) is 5.78. The van der Waals surface area contributed by atoms with Gasteiger partial charge in [-0.1, -0.05) is 12.1 Å². The number of likely N-dealkylation sites (tertiary alicyclic amines) is 1. The van der Waals surface area contributed by atoms with Gasteiger partial charge in [-0.3, -0.25) is 14.4 Å². The number of nitrogens with one attached hydrogen (secondary N) is 2. The van der Waals surface area contributed by atoms with E-state index in [4.69, 9.17) is 0 Å². The number of carbonyl (C=O) groups excluding carboxylic acids is 3. The highest BCUT2D eigenvalue weighted by atomic mass is 19.1. The van der Waals surface area contributed by atoms with E-state index in [9.17, 15) is 18.8 Å². The average Bonchev–Trinajstić information content (AvgIpc) is 2.44. The number of amides is 3. The van der Waals surface area contributed by atoms with Gasteiger partial charge < -0.3 is 15.5 Å². The molecule has 0 radical (unpaired) electrons. The lowest BCUT2D eigenvalue weighted by Crippen LogP contribution is -2.57. The number of nitrogens with zero attached hydrogens (tertiary/aromatic N) is 1. The van der Waals surface area contributed by atoms with Crippen LogP contribution in [0.3, 0.4) is 0 Å². The van der Waals surface area contributed by atoms with E-state index in [2.05, 4.69) is 10.6 Å². The van der Waals surface area contributed by atoms with E-state index in [1.807, 2.05) is 20.8 Å². The SMILES string of the molecule is CC(C)(C)NC(=O)CNC(=O)C1CN(C(=O)Cc2ccc(F)cc2)C1. The summed E-state index contributed by atoms with van der Waals surface area (Å²) in [4.78, 5) is 37.4. The second-order valence-corrected chi connectivity index (χ2v) is 7.31. The second kappa shape index (κ2) is 7.63. The molecule has 0 saturated carbocycles. The zero-order chi connectivity index (χ0) is 18.6. The van der Waals surface area contributed by atoms with Gasteiger partial charge in [-0.25, -0.2) is 4.39 Å². The molecule has 136 valence electrons. The first-order valence-electron chi connectivity index (χ1n) is 8.25. The maximum atomic E-state index is 12.9. The number of halogens is 1. The molecule has 2 N–H and O–H groups in total. The van der Waals surface area contributed by atoms with E-state index < -0.39 is 0 Å². The highest BCUT2D eigenvalue weighted by Gasteiger charge is 2.35. The minimum absolute atomic E-state index is 0.0733. The van der Waals surface area contributed by atoms with Gasteiger partial charge in [-0.05, 0) is 38.5 Å². The molecule has 1 aromatic carbocycles. The highest BCUT2D eigenvalue weighted by Crippen LogP contribution is 2.17. The number of carbonyl (C=O) groups is 3. The molecule has 3 amide bonds. The Balaban J connectivity index is 1.70. The Hall–Kier alpha value is -2.44. The fraction of sp³-hybridized carbons (Fsp3) is 0.500. The average molecular weight is 349 g/mol. The summed E-state index contributed by atoms with van der Waals surface area (Å²) in [5.74, 6) is -1.20. The molecule has 0 atom stereocenters. The number of hydrogen-bond donors (Lipinski definition) is 2. The van der Waals surface area contributed by atoms with Crippen LogP contribution in [0.25, 0.3) is 0 Å². The number of rotatable bonds is 5. The van der Waals surface area contributed by atoms with E-state index in [1.165, 1.54) is 12.1 Å². The molecule has 1 aromatic rings. The predicted octanol–water partition coefficient (Wildman–Crippen LogP) is 0.857. The van der Waals surface area contributed by atoms with Crippen LogP contribution in [0.1, 0.15) is 26.3 Å². The van der Waals surface area contributed by atoms with Crippen molar-refractivity contribution >= 4 is 17.7 Å². The molecule has 1 fully saturated rings. The Morgan fingerprint density at radius 2 is 1.76 bits per heavy atom. The highest BCUT2D eigenvalue weighted by molar-refractivity contribution is 5.88. The van der Waals surface area contributed by atoms with Crippen molar-refractivity contribution in [3.63, 3.8) is 0 Å². The molecule has 1 saturated heterocycles. The van der Waals surface area contributed by atoms with Crippen LogP contribution in [0.5, 0.6) is 0 Å². The largest absolute Gasteiger partial charge is 0.350 e. The zero-order valence-corrected chi connectivity index (χ0v) is 14.8. The first-order valence-corrected chi connectivity index (χ1v) is 8.25. The summed E-state index contributed by atoms with van der Waals surface area (Å²) in [5, 5.41) is 5.35. The van der Waals surface area contributed by atoms with Crippen molar-refractivity contribution in [3.05, 3.63) is 35.6 Å². The zero-order valence-electron chi connectivity index (χ0n) is 14.8. The van der Waals surface area contributed by atoms with Gasteiger partial charge in [0.2, 0.25) is 17.7 Å². The van der Waals surface area contributed by atoms with Gasteiger partial charge in [0.15, 0.2) is 0 Å². The van der Waals surface area contributed by atoms with Crippen LogP contribution in [0.15, 0.2) is 24.3 Å². The van der Waals surface area contributed by atoms with Crippen LogP contribution >= 0.6 is 0 Å². The summed E-state index contributed by atoms with van der Waals surface area (Å²) in [5.41, 5.74) is 0.389. The van der Waals surface area contributed by atoms with Gasteiger partial charge >= 0.3 is 0 Å². The van der Waals surface area contributed by atoms with Crippen molar-refractivity contribution in [1.82, 2.24) is 15.5 Å². The molecule has 2 rings (SSSR count). The van der Waals surface area contributed by atoms with Crippen molar-refractivity contribution < 1.29 is 18.8 Å². The van der Waals surface area contributed by atoms with Crippen LogP contribution in [0, 0.1) is 11.7 Å². The predicted molar refractivity (Wildman–Crippen MR) is 91.1 cm³/mol. The summed E-state index contributed by atoms with van der Waals surface area (Å²) in [7, 11) is 0. The summed E-state index contributed by atoms with van der Waals surface area (Å²) < 4.78 is 12.9. The number of benzene rings is 1. The summed E-state index contributed by atoms with van der Waals surface area (Å²) in [6.07, 6.45) is 0.183. The maximum Gasteiger partial charge on any atom is 0.239 e. The normalized spacial score (nSPS) is 14.6. The summed E-state index contributed by atoms with van der Waals surface area (Å²) >= 11 is 0. The molecule has 0 aliphatic carbocycles. The second-order valence-electron chi connectivity index (χ2n) is 7.31. The molecule has 1 aliphatic rings. The topological polar surface area (TPSA) is 78.5 Å². The first kappa shape index (κ1) is 18.9. The van der Waals surface area contributed by atoms with Crippen molar-refractivity contribution in [2.24, 2.45) is 5.92 Å². The van der Waals surface area contributed by atoms with E-state index in [0.29, 0.717) is 13.1 Å². The third kappa shape index (κ3) is 5.85. The smallest absolute Gasteiger partial charge is 0.239 e. The lowest BCUT2D eigenvalue weighted by Gasteiger charge is -2.38. The molecule has 1 aliphatic heterocycles. The fourth-order valence-electron chi connectivity index (χ4n) is 2.51. The minimum atomic E-state index is -0.345. The Morgan fingerprint density at radius 1 is 1.16 bits per heavy atom. The molecular weight excluding hydrogens is 325 g/mol. The molecule has 7 heteroatoms. The van der Waals surface area contributed by atoms with Crippen molar-refractivity contribution in [1.29, 1.82) is 0 Å². The van der Waals surface area contributed by atoms with Crippen LogP contribution in [0.4, 0.5) is 4.39 Å². The van der Waals surface area contributed by atoms with E-state index >= 15 is 0 Å². The Kier molecular flexibility index (Phi) is 5.77. The third-order valence-corrected chi connectivity index (χ3v) is 3.81. The van der Waals surface area contributed by atoms with Gasteiger partial charge in [0.25, 0.3) is 0 Å². The Morgan fingerprint density at radius 3 is 2.32 bits per heavy atom. The Labute approximate surface area is 146 Å². The minimum Gasteiger partial charge on any atom is -0.350 e. The molecule has 25 heavy (non-hydrogen) atoms. The molecule has 0 aromatic heterocycles. The van der Waals surface area contributed by atoms with Crippen LogP contribution in [-0.2, 0) is 20.8 Å². The van der Waals surface area contributed by atoms with E-state index in [0.717, 1.165) is 5.56 Å². The standard InChI is InChI=1S/C18H24FN3O3/c1-18(2,3)21-15(23)9-20-17(25)13-10-22(11-13)16(24)8-12-4-6-14(19)7-5-12/h4-7,13H,8-11H2,1-3H3,(H,20,25)(H,21,23). The van der Waals surface area contributed by atoms with Crippen molar-refractivity contribution in [3.8, 4) is 0 Å². The molecular formula is C18H24FN3O3. The lowest BCUT2D eigenvalue weighted by molar-refractivity contribution is -0.143. The number of hydrogen-bond acceptors (Lipinski definition) is 3. The van der Waals surface area contributed by atoms with Gasteiger partial charge in [0.05, 0.1) is 18.9 Å². The van der Waals surface area contributed by atoms with Crippen molar-refractivity contribution in [2.75, 3.05) is 19.6 Å². The van der Waals surface area contributed by atoms with Gasteiger partial charge in [0.1, 0.15) is 5.82 Å². The van der Waals surface area contributed by atoms with Crippen LogP contribution in [0.2, 0.25) is 0 Å². The van der Waals surface area contributed by atoms with Gasteiger partial charge in [-0.15, -0.1) is 0 Å². The third-order valence-electron chi connectivity index (χ3n) is 3.81. The van der Waals surface area contributed by atoms with E-state index in [-0.39, 0.29) is 48.0 Å². The molecule has 0 unspecified atom stereocenters. The Bertz CT molecular complexity index is 647. The monoisotopic (exact) mass is 349 g/mol. The van der Waals surface area contributed by atoms with E-state index in [1.54, 1.807) is 17.0 Å². The quantitative estimate of drug-likeness (QED) is 0.827. The lowest BCUT2D eigenvalue weighted by atomic mass is 9.98. The fourth-order valence-corrected chi connectivity index (χ4v) is 2.51. The molecule has 1 heterocycles. The van der Waals surface area contributed by atoms with Crippen LogP contribution < -0.4 is 10.6 Å². The summed E-state index contributed by atoms with van der Waals surface area (Å²) in [6.45, 7) is 6.20. The first-order chi connectivity index (χ1) is 11.6.